The Morgan fingerprint density at radius 3 is 2.56 bits per heavy atom. The highest BCUT2D eigenvalue weighted by Gasteiger charge is 2.20. The Morgan fingerprint density at radius 2 is 2.11 bits per heavy atom. The number of hydrogen-bond donors (Lipinski definition) is 2. The van der Waals surface area contributed by atoms with Crippen molar-refractivity contribution in [3.63, 3.8) is 0 Å². The number of urea groups is 1. The molecule has 0 aliphatic carbocycles. The van der Waals surface area contributed by atoms with Crippen molar-refractivity contribution in [3.8, 4) is 0 Å². The molecule has 6 nitrogen and oxygen atoms in total. The average molecular weight is 278 g/mol. The number of ether oxygens (including phenoxy) is 1. The van der Waals surface area contributed by atoms with Crippen molar-refractivity contribution in [3.05, 3.63) is 0 Å². The fourth-order valence-corrected chi connectivity index (χ4v) is 1.84. The lowest BCUT2D eigenvalue weighted by Gasteiger charge is -2.25. The third kappa shape index (κ3) is 6.11. The van der Waals surface area contributed by atoms with Gasteiger partial charge < -0.3 is 20.1 Å². The number of nitrogens with one attached hydrogen (secondary N) is 1. The summed E-state index contributed by atoms with van der Waals surface area (Å²) in [6, 6.07) is -0.171. The molecule has 2 amide bonds. The van der Waals surface area contributed by atoms with Crippen LogP contribution in [0.25, 0.3) is 0 Å². The Balaban J connectivity index is 4.11. The Morgan fingerprint density at radius 1 is 1.50 bits per heavy atom. The number of rotatable bonds is 8. The Bertz CT molecular complexity index is 276. The highest BCUT2D eigenvalue weighted by atomic mass is 32.2. The van der Waals surface area contributed by atoms with Gasteiger partial charge in [-0.25, -0.2) is 9.59 Å². The zero-order chi connectivity index (χ0) is 14.1. The molecule has 0 aliphatic rings. The van der Waals surface area contributed by atoms with Crippen LogP contribution in [-0.4, -0.2) is 66.9 Å². The summed E-state index contributed by atoms with van der Waals surface area (Å²) < 4.78 is 4.73. The monoisotopic (exact) mass is 278 g/mol. The minimum absolute atomic E-state index is 0.0374. The third-order valence-electron chi connectivity index (χ3n) is 2.72. The van der Waals surface area contributed by atoms with Crippen LogP contribution in [0.2, 0.25) is 0 Å². The second-order valence-corrected chi connectivity index (χ2v) is 4.98. The lowest BCUT2D eigenvalue weighted by Crippen LogP contribution is -2.46. The first-order valence-corrected chi connectivity index (χ1v) is 7.08. The second-order valence-electron chi connectivity index (χ2n) is 3.99. The van der Waals surface area contributed by atoms with Crippen LogP contribution in [0, 0.1) is 0 Å². The largest absolute Gasteiger partial charge is 0.479 e. The van der Waals surface area contributed by atoms with E-state index in [1.807, 2.05) is 13.2 Å². The normalized spacial score (nSPS) is 13.8. The summed E-state index contributed by atoms with van der Waals surface area (Å²) in [6.07, 6.45) is 1.91. The van der Waals surface area contributed by atoms with E-state index in [4.69, 9.17) is 9.84 Å². The molecular formula is C11H22N2O4S. The van der Waals surface area contributed by atoms with E-state index in [2.05, 4.69) is 5.32 Å². The summed E-state index contributed by atoms with van der Waals surface area (Å²) in [5.74, 6) is -0.106. The predicted molar refractivity (Wildman–Crippen MR) is 72.1 cm³/mol. The van der Waals surface area contributed by atoms with E-state index in [0.717, 1.165) is 12.2 Å². The predicted octanol–water partition coefficient (Wildman–Crippen LogP) is 0.869. The van der Waals surface area contributed by atoms with Crippen molar-refractivity contribution >= 4 is 23.8 Å². The molecule has 0 saturated heterocycles. The zero-order valence-corrected chi connectivity index (χ0v) is 12.1. The van der Waals surface area contributed by atoms with Gasteiger partial charge in [-0.1, -0.05) is 0 Å². The van der Waals surface area contributed by atoms with Gasteiger partial charge in [-0.2, -0.15) is 11.8 Å². The van der Waals surface area contributed by atoms with Crippen molar-refractivity contribution in [2.24, 2.45) is 0 Å². The highest BCUT2D eigenvalue weighted by molar-refractivity contribution is 7.98. The van der Waals surface area contributed by atoms with Crippen molar-refractivity contribution < 1.29 is 19.4 Å². The van der Waals surface area contributed by atoms with Gasteiger partial charge in [0.1, 0.15) is 0 Å². The lowest BCUT2D eigenvalue weighted by molar-refractivity contribution is -0.148. The highest BCUT2D eigenvalue weighted by Crippen LogP contribution is 2.06. The first-order chi connectivity index (χ1) is 8.43. The van der Waals surface area contributed by atoms with Crippen LogP contribution < -0.4 is 5.32 Å². The van der Waals surface area contributed by atoms with Crippen LogP contribution in [-0.2, 0) is 9.53 Å². The first-order valence-electron chi connectivity index (χ1n) is 5.69. The van der Waals surface area contributed by atoms with Crippen LogP contribution in [0.15, 0.2) is 0 Å². The maximum absolute atomic E-state index is 11.8. The van der Waals surface area contributed by atoms with E-state index in [0.29, 0.717) is 0 Å². The molecule has 0 aromatic carbocycles. The zero-order valence-electron chi connectivity index (χ0n) is 11.3. The van der Waals surface area contributed by atoms with Gasteiger partial charge in [0, 0.05) is 20.2 Å². The van der Waals surface area contributed by atoms with E-state index in [1.165, 1.54) is 7.11 Å². The number of methoxy groups -OCH3 is 1. The minimum atomic E-state index is -1.09. The van der Waals surface area contributed by atoms with Crippen LogP contribution >= 0.6 is 11.8 Å². The molecule has 0 aromatic heterocycles. The van der Waals surface area contributed by atoms with Crippen molar-refractivity contribution in [1.82, 2.24) is 10.2 Å². The van der Waals surface area contributed by atoms with Crippen molar-refractivity contribution in [2.75, 3.05) is 32.7 Å². The smallest absolute Gasteiger partial charge is 0.334 e. The molecule has 0 heterocycles. The van der Waals surface area contributed by atoms with Gasteiger partial charge in [0.25, 0.3) is 0 Å². The summed E-state index contributed by atoms with van der Waals surface area (Å²) in [5, 5.41) is 11.3. The maximum atomic E-state index is 11.8. The van der Waals surface area contributed by atoms with Crippen LogP contribution in [0.3, 0.4) is 0 Å². The number of hydrogen-bond acceptors (Lipinski definition) is 4. The number of carbonyl (C=O) groups is 2. The molecule has 106 valence electrons. The standard InChI is InChI=1S/C11H22N2O4S/c1-8(5-6-18-4)13(2)11(16)12-7-9(17-3)10(14)15/h8-9H,5-7H2,1-4H3,(H,12,16)(H,14,15). The van der Waals surface area contributed by atoms with E-state index >= 15 is 0 Å². The van der Waals surface area contributed by atoms with Crippen LogP contribution in [0.1, 0.15) is 13.3 Å². The summed E-state index contributed by atoms with van der Waals surface area (Å²) in [4.78, 5) is 24.0. The van der Waals surface area contributed by atoms with Crippen LogP contribution in [0.4, 0.5) is 4.79 Å². The first kappa shape index (κ1) is 17.1. The number of amides is 2. The Hall–Kier alpha value is -0.950. The lowest BCUT2D eigenvalue weighted by atomic mass is 10.2. The van der Waals surface area contributed by atoms with Gasteiger partial charge in [-0.15, -0.1) is 0 Å². The van der Waals surface area contributed by atoms with E-state index in [9.17, 15) is 9.59 Å². The quantitative estimate of drug-likeness (QED) is 0.689. The molecule has 0 fully saturated rings. The second kappa shape index (κ2) is 9.04. The topological polar surface area (TPSA) is 78.9 Å². The Kier molecular flexibility index (Phi) is 8.57. The van der Waals surface area contributed by atoms with Crippen LogP contribution in [0.5, 0.6) is 0 Å². The number of carboxylic acids is 1. The number of aliphatic carboxylic acids is 1. The molecule has 7 heteroatoms. The molecular weight excluding hydrogens is 256 g/mol. The molecule has 2 unspecified atom stereocenters. The van der Waals surface area contributed by atoms with Gasteiger partial charge >= 0.3 is 12.0 Å². The maximum Gasteiger partial charge on any atom is 0.334 e. The molecule has 2 N–H and O–H groups in total. The molecule has 18 heavy (non-hydrogen) atoms. The fraction of sp³-hybridized carbons (Fsp3) is 0.818. The molecule has 0 radical (unpaired) electrons. The summed E-state index contributed by atoms with van der Waals surface area (Å²) in [5.41, 5.74) is 0. The van der Waals surface area contributed by atoms with Gasteiger partial charge in [0.05, 0.1) is 6.54 Å². The van der Waals surface area contributed by atoms with E-state index < -0.39 is 12.1 Å². The molecule has 0 saturated carbocycles. The van der Waals surface area contributed by atoms with Crippen molar-refractivity contribution in [1.29, 1.82) is 0 Å². The molecule has 2 atom stereocenters. The van der Waals surface area contributed by atoms with Gasteiger partial charge in [-0.3, -0.25) is 0 Å². The van der Waals surface area contributed by atoms with Gasteiger partial charge in [0.15, 0.2) is 6.10 Å². The number of carboxylic acid groups (broad SMARTS) is 1. The summed E-state index contributed by atoms with van der Waals surface area (Å²) in [7, 11) is 3.00. The fourth-order valence-electron chi connectivity index (χ4n) is 1.26. The van der Waals surface area contributed by atoms with Gasteiger partial charge in [-0.05, 0) is 25.4 Å². The number of carbonyl (C=O) groups excluding carboxylic acids is 1. The molecule has 0 rings (SSSR count). The SMILES string of the molecule is COC(CNC(=O)N(C)C(C)CCSC)C(=O)O. The van der Waals surface area contributed by atoms with E-state index in [1.54, 1.807) is 23.7 Å². The minimum Gasteiger partial charge on any atom is -0.479 e. The number of nitrogens with zero attached hydrogens (tertiary/aromatic N) is 1. The summed E-state index contributed by atoms with van der Waals surface area (Å²) >= 11 is 1.73. The molecule has 0 spiro atoms. The molecule has 0 bridgehead atoms. The molecule has 0 aliphatic heterocycles. The number of thioether (sulfide) groups is 1. The van der Waals surface area contributed by atoms with Crippen molar-refractivity contribution in [2.45, 2.75) is 25.5 Å². The summed E-state index contributed by atoms with van der Waals surface area (Å²) in [6.45, 7) is 1.92. The molecule has 0 aromatic rings. The average Bonchev–Trinajstić information content (AvgIpc) is 2.34. The Labute approximate surface area is 112 Å². The third-order valence-corrected chi connectivity index (χ3v) is 3.36. The van der Waals surface area contributed by atoms with E-state index in [-0.39, 0.29) is 18.6 Å². The van der Waals surface area contributed by atoms with Gasteiger partial charge in [0.2, 0.25) is 0 Å².